The molecule has 0 spiro atoms. The largest absolute Gasteiger partial charge is 0.398 e. The molecule has 0 aromatic heterocycles. The Bertz CT molecular complexity index is 341. The number of rotatable bonds is 1. The van der Waals surface area contributed by atoms with E-state index in [1.54, 1.807) is 0 Å². The van der Waals surface area contributed by atoms with Gasteiger partial charge in [-0.15, -0.1) is 0 Å². The molecule has 3 heteroatoms. The number of piperazine rings is 1. The number of nitrogens with zero attached hydrogens (tertiary/aromatic N) is 2. The number of benzene rings is 1. The summed E-state index contributed by atoms with van der Waals surface area (Å²) in [5.41, 5.74) is 9.32. The van der Waals surface area contributed by atoms with Crippen molar-refractivity contribution in [3.63, 3.8) is 0 Å². The molecule has 15 heavy (non-hydrogen) atoms. The zero-order valence-corrected chi connectivity index (χ0v) is 9.53. The average molecular weight is 205 g/mol. The summed E-state index contributed by atoms with van der Waals surface area (Å²) >= 11 is 0. The molecule has 1 fully saturated rings. The minimum atomic E-state index is 0.895. The molecular weight excluding hydrogens is 186 g/mol. The van der Waals surface area contributed by atoms with E-state index < -0.39 is 0 Å². The monoisotopic (exact) mass is 205 g/mol. The highest BCUT2D eigenvalue weighted by molar-refractivity contribution is 5.64. The Morgan fingerprint density at radius 2 is 1.80 bits per heavy atom. The summed E-state index contributed by atoms with van der Waals surface area (Å²) in [6, 6.07) is 6.17. The third kappa shape index (κ3) is 2.07. The van der Waals surface area contributed by atoms with Gasteiger partial charge >= 0.3 is 0 Å². The van der Waals surface area contributed by atoms with Crippen molar-refractivity contribution in [1.82, 2.24) is 4.90 Å². The van der Waals surface area contributed by atoms with Gasteiger partial charge in [-0.05, 0) is 31.7 Å². The Balaban J connectivity index is 2.19. The third-order valence-corrected chi connectivity index (χ3v) is 3.19. The van der Waals surface area contributed by atoms with Gasteiger partial charge in [0.05, 0.1) is 0 Å². The van der Waals surface area contributed by atoms with Gasteiger partial charge in [0, 0.05) is 37.6 Å². The van der Waals surface area contributed by atoms with Crippen molar-refractivity contribution >= 4 is 11.4 Å². The van der Waals surface area contributed by atoms with Crippen molar-refractivity contribution < 1.29 is 0 Å². The Morgan fingerprint density at radius 3 is 2.47 bits per heavy atom. The zero-order valence-electron chi connectivity index (χ0n) is 9.53. The second kappa shape index (κ2) is 4.11. The predicted octanol–water partition coefficient (Wildman–Crippen LogP) is 1.33. The van der Waals surface area contributed by atoms with E-state index in [0.717, 1.165) is 31.9 Å². The molecule has 1 heterocycles. The molecule has 1 aromatic rings. The number of hydrogen-bond acceptors (Lipinski definition) is 3. The van der Waals surface area contributed by atoms with Gasteiger partial charge in [0.25, 0.3) is 0 Å². The summed E-state index contributed by atoms with van der Waals surface area (Å²) in [4.78, 5) is 4.78. The van der Waals surface area contributed by atoms with Crippen LogP contribution in [0.15, 0.2) is 18.2 Å². The number of anilines is 2. The van der Waals surface area contributed by atoms with E-state index >= 15 is 0 Å². The molecule has 0 atom stereocenters. The molecule has 2 rings (SSSR count). The van der Waals surface area contributed by atoms with E-state index in [0.29, 0.717) is 0 Å². The first-order chi connectivity index (χ1) is 7.18. The van der Waals surface area contributed by atoms with Crippen LogP contribution in [-0.2, 0) is 0 Å². The summed E-state index contributed by atoms with van der Waals surface area (Å²) < 4.78 is 0. The second-order valence-corrected chi connectivity index (χ2v) is 4.28. The van der Waals surface area contributed by atoms with Gasteiger partial charge in [-0.2, -0.15) is 0 Å². The van der Waals surface area contributed by atoms with E-state index in [4.69, 9.17) is 5.73 Å². The highest BCUT2D eigenvalue weighted by Gasteiger charge is 2.16. The van der Waals surface area contributed by atoms with E-state index in [1.807, 2.05) is 12.1 Å². The molecular formula is C12H19N3. The van der Waals surface area contributed by atoms with Crippen LogP contribution in [0.1, 0.15) is 5.56 Å². The van der Waals surface area contributed by atoms with Crippen molar-refractivity contribution in [2.24, 2.45) is 0 Å². The summed E-state index contributed by atoms with van der Waals surface area (Å²) in [7, 11) is 2.17. The molecule has 1 saturated heterocycles. The molecule has 3 nitrogen and oxygen atoms in total. The molecule has 0 unspecified atom stereocenters. The zero-order chi connectivity index (χ0) is 10.8. The first kappa shape index (κ1) is 10.3. The van der Waals surface area contributed by atoms with Gasteiger partial charge in [-0.3, -0.25) is 0 Å². The fraction of sp³-hybridized carbons (Fsp3) is 0.500. The fourth-order valence-electron chi connectivity index (χ4n) is 2.03. The van der Waals surface area contributed by atoms with E-state index in [-0.39, 0.29) is 0 Å². The van der Waals surface area contributed by atoms with Crippen LogP contribution in [0.5, 0.6) is 0 Å². The molecule has 0 aliphatic carbocycles. The maximum Gasteiger partial charge on any atom is 0.0417 e. The number of likely N-dealkylation sites (N-methyl/N-ethyl adjacent to an activating group) is 1. The van der Waals surface area contributed by atoms with Crippen LogP contribution in [-0.4, -0.2) is 38.1 Å². The van der Waals surface area contributed by atoms with Crippen LogP contribution >= 0.6 is 0 Å². The Morgan fingerprint density at radius 1 is 1.13 bits per heavy atom. The van der Waals surface area contributed by atoms with E-state index in [2.05, 4.69) is 29.8 Å². The van der Waals surface area contributed by atoms with Gasteiger partial charge in [0.1, 0.15) is 0 Å². The average Bonchev–Trinajstić information content (AvgIpc) is 2.24. The molecule has 1 aromatic carbocycles. The van der Waals surface area contributed by atoms with Gasteiger partial charge < -0.3 is 15.5 Å². The van der Waals surface area contributed by atoms with Crippen LogP contribution < -0.4 is 10.6 Å². The molecule has 0 radical (unpaired) electrons. The van der Waals surface area contributed by atoms with Crippen molar-refractivity contribution in [3.8, 4) is 0 Å². The highest BCUT2D eigenvalue weighted by atomic mass is 15.2. The topological polar surface area (TPSA) is 32.5 Å². The third-order valence-electron chi connectivity index (χ3n) is 3.19. The molecule has 2 N–H and O–H groups in total. The molecule has 1 aliphatic rings. The summed E-state index contributed by atoms with van der Waals surface area (Å²) in [6.45, 7) is 6.56. The first-order valence-electron chi connectivity index (χ1n) is 5.47. The standard InChI is InChI=1S/C12H19N3/c1-10-11(13)4-3-5-12(10)15-8-6-14(2)7-9-15/h3-5H,6-9,13H2,1-2H3. The van der Waals surface area contributed by atoms with Crippen LogP contribution in [0, 0.1) is 6.92 Å². The lowest BCUT2D eigenvalue weighted by molar-refractivity contribution is 0.312. The lowest BCUT2D eigenvalue weighted by Crippen LogP contribution is -2.44. The van der Waals surface area contributed by atoms with E-state index in [9.17, 15) is 0 Å². The predicted molar refractivity (Wildman–Crippen MR) is 65.3 cm³/mol. The number of nitrogens with two attached hydrogens (primary N) is 1. The molecule has 0 amide bonds. The second-order valence-electron chi connectivity index (χ2n) is 4.28. The number of hydrogen-bond donors (Lipinski definition) is 1. The fourth-order valence-corrected chi connectivity index (χ4v) is 2.03. The summed E-state index contributed by atoms with van der Waals surface area (Å²) in [5, 5.41) is 0. The maximum absolute atomic E-state index is 5.92. The SMILES string of the molecule is Cc1c(N)cccc1N1CCN(C)CC1. The Labute approximate surface area is 91.5 Å². The normalized spacial score (nSPS) is 18.1. The maximum atomic E-state index is 5.92. The quantitative estimate of drug-likeness (QED) is 0.702. The van der Waals surface area contributed by atoms with Crippen molar-refractivity contribution in [1.29, 1.82) is 0 Å². The van der Waals surface area contributed by atoms with Crippen LogP contribution in [0.25, 0.3) is 0 Å². The first-order valence-corrected chi connectivity index (χ1v) is 5.47. The van der Waals surface area contributed by atoms with Crippen LogP contribution in [0.2, 0.25) is 0 Å². The molecule has 1 aliphatic heterocycles. The minimum Gasteiger partial charge on any atom is -0.398 e. The summed E-state index contributed by atoms with van der Waals surface area (Å²) in [5.74, 6) is 0. The van der Waals surface area contributed by atoms with E-state index in [1.165, 1.54) is 11.3 Å². The lowest BCUT2D eigenvalue weighted by Gasteiger charge is -2.35. The van der Waals surface area contributed by atoms with Crippen molar-refractivity contribution in [2.75, 3.05) is 43.9 Å². The Kier molecular flexibility index (Phi) is 2.82. The van der Waals surface area contributed by atoms with Crippen molar-refractivity contribution in [3.05, 3.63) is 23.8 Å². The number of nitrogen functional groups attached to an aromatic ring is 1. The van der Waals surface area contributed by atoms with Gasteiger partial charge in [0.15, 0.2) is 0 Å². The minimum absolute atomic E-state index is 0.895. The van der Waals surface area contributed by atoms with Gasteiger partial charge in [0.2, 0.25) is 0 Å². The van der Waals surface area contributed by atoms with Gasteiger partial charge in [-0.25, -0.2) is 0 Å². The molecule has 0 bridgehead atoms. The summed E-state index contributed by atoms with van der Waals surface area (Å²) in [6.07, 6.45) is 0. The molecule has 82 valence electrons. The lowest BCUT2D eigenvalue weighted by atomic mass is 10.1. The molecule has 0 saturated carbocycles. The van der Waals surface area contributed by atoms with Crippen molar-refractivity contribution in [2.45, 2.75) is 6.92 Å². The van der Waals surface area contributed by atoms with Gasteiger partial charge in [-0.1, -0.05) is 6.07 Å². The highest BCUT2D eigenvalue weighted by Crippen LogP contribution is 2.25. The smallest absolute Gasteiger partial charge is 0.0417 e. The van der Waals surface area contributed by atoms with Crippen LogP contribution in [0.3, 0.4) is 0 Å². The Hall–Kier alpha value is -1.22. The van der Waals surface area contributed by atoms with Crippen LogP contribution in [0.4, 0.5) is 11.4 Å².